The second-order valence-corrected chi connectivity index (χ2v) is 5.99. The van der Waals surface area contributed by atoms with Gasteiger partial charge in [0.2, 0.25) is 17.6 Å². The molecule has 23 heavy (non-hydrogen) atoms. The maximum atomic E-state index is 11.3. The molecule has 0 radical (unpaired) electrons. The number of anilines is 3. The summed E-state index contributed by atoms with van der Waals surface area (Å²) < 4.78 is 0. The number of hydrogen-bond acceptors (Lipinski definition) is 8. The third kappa shape index (κ3) is 4.65. The molecule has 1 aliphatic rings. The van der Waals surface area contributed by atoms with Gasteiger partial charge in [-0.1, -0.05) is 0 Å². The Morgan fingerprint density at radius 2 is 2.00 bits per heavy atom. The van der Waals surface area contributed by atoms with Crippen LogP contribution in [0.25, 0.3) is 0 Å². The fraction of sp³-hybridized carbons (Fsp3) is 0.714. The smallest absolute Gasteiger partial charge is 0.353 e. The lowest BCUT2D eigenvalue weighted by Crippen LogP contribution is -2.31. The summed E-state index contributed by atoms with van der Waals surface area (Å²) in [6.45, 7) is 3.15. The van der Waals surface area contributed by atoms with Gasteiger partial charge in [-0.3, -0.25) is 10.1 Å². The van der Waals surface area contributed by atoms with Crippen LogP contribution in [0.2, 0.25) is 0 Å². The van der Waals surface area contributed by atoms with E-state index in [1.54, 1.807) is 0 Å². The lowest BCUT2D eigenvalue weighted by molar-refractivity contribution is -0.383. The molecule has 0 atom stereocenters. The molecule has 1 saturated heterocycles. The van der Waals surface area contributed by atoms with E-state index in [-0.39, 0.29) is 11.5 Å². The Kier molecular flexibility index (Phi) is 5.91. The van der Waals surface area contributed by atoms with Gasteiger partial charge in [-0.2, -0.15) is 9.97 Å². The molecular weight excluding hydrogens is 298 g/mol. The zero-order chi connectivity index (χ0) is 16.8. The number of hydrogen-bond donors (Lipinski definition) is 2. The van der Waals surface area contributed by atoms with E-state index in [2.05, 4.69) is 20.2 Å². The summed E-state index contributed by atoms with van der Waals surface area (Å²) in [5, 5.41) is 14.4. The first-order chi connectivity index (χ1) is 11.0. The predicted octanol–water partition coefficient (Wildman–Crippen LogP) is 1.32. The highest BCUT2D eigenvalue weighted by Crippen LogP contribution is 2.33. The first kappa shape index (κ1) is 17.2. The van der Waals surface area contributed by atoms with Crippen LogP contribution in [0.1, 0.15) is 25.7 Å². The summed E-state index contributed by atoms with van der Waals surface area (Å²) in [6, 6.07) is 0. The Labute approximate surface area is 136 Å². The summed E-state index contributed by atoms with van der Waals surface area (Å²) in [5.74, 6) is 0.602. The van der Waals surface area contributed by atoms with Crippen molar-refractivity contribution in [2.45, 2.75) is 25.7 Å². The quantitative estimate of drug-likeness (QED) is 0.439. The molecule has 0 spiro atoms. The van der Waals surface area contributed by atoms with Gasteiger partial charge in [0, 0.05) is 19.6 Å². The number of nitrogens with two attached hydrogens (primary N) is 1. The molecule has 1 fully saturated rings. The van der Waals surface area contributed by atoms with E-state index in [1.165, 1.54) is 0 Å². The molecular formula is C14H25N7O2. The van der Waals surface area contributed by atoms with Crippen LogP contribution >= 0.6 is 0 Å². The Morgan fingerprint density at radius 1 is 1.30 bits per heavy atom. The van der Waals surface area contributed by atoms with Gasteiger partial charge in [0.1, 0.15) is 0 Å². The van der Waals surface area contributed by atoms with Crippen LogP contribution in [-0.2, 0) is 0 Å². The summed E-state index contributed by atoms with van der Waals surface area (Å²) in [7, 11) is 4.02. The van der Waals surface area contributed by atoms with Crippen molar-refractivity contribution < 1.29 is 4.92 Å². The monoisotopic (exact) mass is 323 g/mol. The normalized spacial score (nSPS) is 15.0. The summed E-state index contributed by atoms with van der Waals surface area (Å²) in [5.41, 5.74) is 5.63. The van der Waals surface area contributed by atoms with Crippen molar-refractivity contribution in [3.8, 4) is 0 Å². The van der Waals surface area contributed by atoms with Crippen LogP contribution in [0.5, 0.6) is 0 Å². The second kappa shape index (κ2) is 7.91. The summed E-state index contributed by atoms with van der Waals surface area (Å²) in [6.07, 6.45) is 4.08. The second-order valence-electron chi connectivity index (χ2n) is 5.99. The van der Waals surface area contributed by atoms with Crippen molar-refractivity contribution in [2.24, 2.45) is 0 Å². The van der Waals surface area contributed by atoms with Crippen LogP contribution in [0.15, 0.2) is 0 Å². The van der Waals surface area contributed by atoms with Gasteiger partial charge in [-0.05, 0) is 46.3 Å². The van der Waals surface area contributed by atoms with E-state index in [0.717, 1.165) is 45.3 Å². The molecule has 9 nitrogen and oxygen atoms in total. The molecule has 0 aromatic carbocycles. The maximum Gasteiger partial charge on any atom is 0.353 e. The van der Waals surface area contributed by atoms with E-state index in [9.17, 15) is 10.1 Å². The van der Waals surface area contributed by atoms with Gasteiger partial charge in [-0.15, -0.1) is 0 Å². The third-order valence-corrected chi connectivity index (χ3v) is 3.80. The van der Waals surface area contributed by atoms with Crippen molar-refractivity contribution >= 4 is 23.3 Å². The highest BCUT2D eigenvalue weighted by molar-refractivity contribution is 5.71. The molecule has 3 N–H and O–H groups in total. The van der Waals surface area contributed by atoms with Crippen LogP contribution in [0.3, 0.4) is 0 Å². The molecule has 1 aliphatic heterocycles. The SMILES string of the molecule is CN(C)CCCNc1nc(N)c([N+](=O)[O-])c(N2CCCCC2)n1. The minimum atomic E-state index is -0.491. The fourth-order valence-corrected chi connectivity index (χ4v) is 2.64. The van der Waals surface area contributed by atoms with E-state index in [1.807, 2.05) is 19.0 Å². The molecule has 0 unspecified atom stereocenters. The zero-order valence-corrected chi connectivity index (χ0v) is 13.8. The molecule has 0 bridgehead atoms. The lowest BCUT2D eigenvalue weighted by atomic mass is 10.1. The maximum absolute atomic E-state index is 11.3. The van der Waals surface area contributed by atoms with E-state index >= 15 is 0 Å². The first-order valence-electron chi connectivity index (χ1n) is 7.94. The highest BCUT2D eigenvalue weighted by Gasteiger charge is 2.28. The standard InChI is InChI=1S/C14H25N7O2/c1-19(2)8-6-7-16-14-17-12(15)11(21(22)23)13(18-14)20-9-4-3-5-10-20/h3-10H2,1-2H3,(H3,15,16,17,18). The van der Waals surface area contributed by atoms with Crippen molar-refractivity contribution in [1.29, 1.82) is 0 Å². The van der Waals surface area contributed by atoms with Crippen LogP contribution < -0.4 is 16.0 Å². The van der Waals surface area contributed by atoms with E-state index < -0.39 is 4.92 Å². The van der Waals surface area contributed by atoms with Crippen molar-refractivity contribution in [1.82, 2.24) is 14.9 Å². The molecule has 128 valence electrons. The van der Waals surface area contributed by atoms with E-state index in [0.29, 0.717) is 18.3 Å². The van der Waals surface area contributed by atoms with Gasteiger partial charge in [0.05, 0.1) is 4.92 Å². The number of nitrogen functional groups attached to an aromatic ring is 1. The van der Waals surface area contributed by atoms with Gasteiger partial charge in [-0.25, -0.2) is 0 Å². The van der Waals surface area contributed by atoms with Crippen LogP contribution in [-0.4, -0.2) is 60.1 Å². The molecule has 0 aliphatic carbocycles. The van der Waals surface area contributed by atoms with Crippen LogP contribution in [0, 0.1) is 10.1 Å². The van der Waals surface area contributed by atoms with Crippen molar-refractivity contribution in [3.05, 3.63) is 10.1 Å². The molecule has 1 aromatic rings. The predicted molar refractivity (Wildman–Crippen MR) is 90.8 cm³/mol. The molecule has 2 rings (SSSR count). The largest absolute Gasteiger partial charge is 0.378 e. The number of aromatic nitrogens is 2. The summed E-state index contributed by atoms with van der Waals surface area (Å²) >= 11 is 0. The number of nitrogens with zero attached hydrogens (tertiary/aromatic N) is 5. The Morgan fingerprint density at radius 3 is 2.61 bits per heavy atom. The Bertz CT molecular complexity index is 544. The third-order valence-electron chi connectivity index (χ3n) is 3.80. The number of nitrogens with one attached hydrogen (secondary N) is 1. The lowest BCUT2D eigenvalue weighted by Gasteiger charge is -2.27. The summed E-state index contributed by atoms with van der Waals surface area (Å²) in [4.78, 5) is 23.3. The Hall–Kier alpha value is -2.16. The number of piperidine rings is 1. The van der Waals surface area contributed by atoms with Gasteiger partial charge >= 0.3 is 5.69 Å². The van der Waals surface area contributed by atoms with Crippen LogP contribution in [0.4, 0.5) is 23.3 Å². The number of nitro groups is 1. The minimum Gasteiger partial charge on any atom is -0.378 e. The zero-order valence-electron chi connectivity index (χ0n) is 13.8. The molecule has 0 amide bonds. The molecule has 9 heteroatoms. The molecule has 2 heterocycles. The Balaban J connectivity index is 2.17. The van der Waals surface area contributed by atoms with Crippen molar-refractivity contribution in [2.75, 3.05) is 56.2 Å². The van der Waals surface area contributed by atoms with Crippen molar-refractivity contribution in [3.63, 3.8) is 0 Å². The topological polar surface area (TPSA) is 113 Å². The average molecular weight is 323 g/mol. The van der Waals surface area contributed by atoms with E-state index in [4.69, 9.17) is 5.73 Å². The minimum absolute atomic E-state index is 0.0827. The average Bonchev–Trinajstić information content (AvgIpc) is 2.51. The van der Waals surface area contributed by atoms with Gasteiger partial charge in [0.15, 0.2) is 0 Å². The first-order valence-corrected chi connectivity index (χ1v) is 7.94. The molecule has 1 aromatic heterocycles. The fourth-order valence-electron chi connectivity index (χ4n) is 2.64. The number of rotatable bonds is 7. The van der Waals surface area contributed by atoms with Gasteiger partial charge < -0.3 is 20.9 Å². The molecule has 0 saturated carbocycles. The van der Waals surface area contributed by atoms with Gasteiger partial charge in [0.25, 0.3) is 0 Å². The highest BCUT2D eigenvalue weighted by atomic mass is 16.6.